The standard InChI is InChI=1S/C17H24N2O2.ClH/c20-17(15-8-9-18-11-15)19-12-14-7-4-10-21-16(14)13-5-2-1-3-6-13;/h1-3,5-6,14-16,18H,4,7-12H2,(H,19,20);1H. The van der Waals surface area contributed by atoms with Crippen molar-refractivity contribution >= 4 is 18.3 Å². The van der Waals surface area contributed by atoms with Crippen molar-refractivity contribution in [2.45, 2.75) is 25.4 Å². The van der Waals surface area contributed by atoms with Crippen molar-refractivity contribution < 1.29 is 9.53 Å². The predicted molar refractivity (Wildman–Crippen MR) is 89.1 cm³/mol. The molecule has 2 aliphatic rings. The zero-order valence-corrected chi connectivity index (χ0v) is 13.6. The van der Waals surface area contributed by atoms with Crippen LogP contribution in [0.25, 0.3) is 0 Å². The fourth-order valence-corrected chi connectivity index (χ4v) is 3.32. The monoisotopic (exact) mass is 324 g/mol. The molecule has 1 amide bonds. The smallest absolute Gasteiger partial charge is 0.224 e. The molecular formula is C17H25ClN2O2. The molecule has 0 saturated carbocycles. The minimum absolute atomic E-state index is 0. The fourth-order valence-electron chi connectivity index (χ4n) is 3.32. The maximum atomic E-state index is 12.1. The first-order valence-electron chi connectivity index (χ1n) is 7.99. The van der Waals surface area contributed by atoms with Gasteiger partial charge in [-0.1, -0.05) is 30.3 Å². The van der Waals surface area contributed by atoms with Crippen molar-refractivity contribution in [3.05, 3.63) is 35.9 Å². The van der Waals surface area contributed by atoms with E-state index in [0.29, 0.717) is 5.92 Å². The van der Waals surface area contributed by atoms with Gasteiger partial charge in [-0.25, -0.2) is 0 Å². The molecular weight excluding hydrogens is 300 g/mol. The van der Waals surface area contributed by atoms with E-state index in [1.807, 2.05) is 18.2 Å². The lowest BCUT2D eigenvalue weighted by molar-refractivity contribution is -0.125. The van der Waals surface area contributed by atoms with Crippen molar-refractivity contribution in [2.75, 3.05) is 26.2 Å². The number of hydrogen-bond acceptors (Lipinski definition) is 3. The lowest BCUT2D eigenvalue weighted by Crippen LogP contribution is -2.38. The predicted octanol–water partition coefficient (Wildman–Crippen LogP) is 2.30. The molecule has 0 bridgehead atoms. The molecule has 1 aromatic rings. The Morgan fingerprint density at radius 2 is 2.09 bits per heavy atom. The minimum Gasteiger partial charge on any atom is -0.373 e. The number of carbonyl (C=O) groups is 1. The van der Waals surface area contributed by atoms with Crippen molar-refractivity contribution in [1.82, 2.24) is 10.6 Å². The summed E-state index contributed by atoms with van der Waals surface area (Å²) in [6.07, 6.45) is 3.26. The summed E-state index contributed by atoms with van der Waals surface area (Å²) in [6.45, 7) is 3.30. The number of hydrogen-bond donors (Lipinski definition) is 2. The maximum Gasteiger partial charge on any atom is 0.224 e. The average molecular weight is 325 g/mol. The zero-order valence-electron chi connectivity index (χ0n) is 12.8. The molecule has 0 spiro atoms. The molecule has 0 aliphatic carbocycles. The summed E-state index contributed by atoms with van der Waals surface area (Å²) in [5, 5.41) is 6.38. The largest absolute Gasteiger partial charge is 0.373 e. The van der Waals surface area contributed by atoms with E-state index >= 15 is 0 Å². The van der Waals surface area contributed by atoms with Crippen LogP contribution in [0.15, 0.2) is 30.3 Å². The van der Waals surface area contributed by atoms with Gasteiger partial charge in [-0.3, -0.25) is 4.79 Å². The quantitative estimate of drug-likeness (QED) is 0.893. The molecule has 2 fully saturated rings. The Bertz CT molecular complexity index is 463. The molecule has 4 nitrogen and oxygen atoms in total. The Labute approximate surface area is 138 Å². The van der Waals surface area contributed by atoms with Gasteiger partial charge in [0.1, 0.15) is 0 Å². The van der Waals surface area contributed by atoms with E-state index in [1.54, 1.807) is 0 Å². The van der Waals surface area contributed by atoms with Gasteiger partial charge >= 0.3 is 0 Å². The first kappa shape index (κ1) is 17.3. The molecule has 2 saturated heterocycles. The molecule has 0 radical (unpaired) electrons. The van der Waals surface area contributed by atoms with Gasteiger partial charge in [0, 0.05) is 25.6 Å². The highest BCUT2D eigenvalue weighted by atomic mass is 35.5. The number of rotatable bonds is 4. The van der Waals surface area contributed by atoms with Crippen LogP contribution in [0, 0.1) is 11.8 Å². The first-order chi connectivity index (χ1) is 10.3. The van der Waals surface area contributed by atoms with E-state index in [-0.39, 0.29) is 30.3 Å². The molecule has 122 valence electrons. The van der Waals surface area contributed by atoms with Gasteiger partial charge in [0.25, 0.3) is 0 Å². The summed E-state index contributed by atoms with van der Waals surface area (Å²) in [5.41, 5.74) is 1.22. The van der Waals surface area contributed by atoms with Crippen LogP contribution in [-0.2, 0) is 9.53 Å². The van der Waals surface area contributed by atoms with Crippen LogP contribution in [0.3, 0.4) is 0 Å². The molecule has 1 aromatic carbocycles. The molecule has 0 aromatic heterocycles. The summed E-state index contributed by atoms with van der Waals surface area (Å²) < 4.78 is 5.97. The summed E-state index contributed by atoms with van der Waals surface area (Å²) >= 11 is 0. The number of ether oxygens (including phenoxy) is 1. The normalized spacial score (nSPS) is 27.9. The summed E-state index contributed by atoms with van der Waals surface area (Å²) in [7, 11) is 0. The van der Waals surface area contributed by atoms with Crippen LogP contribution >= 0.6 is 12.4 Å². The Hall–Kier alpha value is -1.10. The second kappa shape index (κ2) is 8.51. The summed E-state index contributed by atoms with van der Waals surface area (Å²) in [4.78, 5) is 12.1. The van der Waals surface area contributed by atoms with Gasteiger partial charge in [0.05, 0.1) is 12.0 Å². The molecule has 5 heteroatoms. The lowest BCUT2D eigenvalue weighted by Gasteiger charge is -2.32. The van der Waals surface area contributed by atoms with Crippen LogP contribution in [0.2, 0.25) is 0 Å². The fraction of sp³-hybridized carbons (Fsp3) is 0.588. The van der Waals surface area contributed by atoms with Crippen LogP contribution in [0.4, 0.5) is 0 Å². The number of amides is 1. The van der Waals surface area contributed by atoms with Gasteiger partial charge < -0.3 is 15.4 Å². The van der Waals surface area contributed by atoms with E-state index in [1.165, 1.54) is 5.56 Å². The zero-order chi connectivity index (χ0) is 14.5. The van der Waals surface area contributed by atoms with Crippen LogP contribution in [-0.4, -0.2) is 32.1 Å². The van der Waals surface area contributed by atoms with E-state index in [2.05, 4.69) is 22.8 Å². The van der Waals surface area contributed by atoms with E-state index in [4.69, 9.17) is 4.74 Å². The van der Waals surface area contributed by atoms with Crippen molar-refractivity contribution in [2.24, 2.45) is 11.8 Å². The Morgan fingerprint density at radius 1 is 1.27 bits per heavy atom. The van der Waals surface area contributed by atoms with Gasteiger partial charge in [0.2, 0.25) is 5.91 Å². The number of carbonyl (C=O) groups excluding carboxylic acids is 1. The summed E-state index contributed by atoms with van der Waals surface area (Å²) in [5.74, 6) is 0.710. The molecule has 22 heavy (non-hydrogen) atoms. The Kier molecular flexibility index (Phi) is 6.68. The highest BCUT2D eigenvalue weighted by Crippen LogP contribution is 2.33. The lowest BCUT2D eigenvalue weighted by atomic mass is 9.89. The Balaban J connectivity index is 0.00000176. The van der Waals surface area contributed by atoms with Gasteiger partial charge in [0.15, 0.2) is 0 Å². The third-order valence-electron chi connectivity index (χ3n) is 4.54. The minimum atomic E-state index is 0. The highest BCUT2D eigenvalue weighted by Gasteiger charge is 2.29. The molecule has 2 aliphatic heterocycles. The molecule has 2 heterocycles. The second-order valence-electron chi connectivity index (χ2n) is 6.04. The van der Waals surface area contributed by atoms with E-state index in [9.17, 15) is 4.79 Å². The van der Waals surface area contributed by atoms with Gasteiger partial charge in [-0.05, 0) is 31.4 Å². The highest BCUT2D eigenvalue weighted by molar-refractivity contribution is 5.85. The van der Waals surface area contributed by atoms with Crippen molar-refractivity contribution in [1.29, 1.82) is 0 Å². The van der Waals surface area contributed by atoms with Crippen molar-refractivity contribution in [3.8, 4) is 0 Å². The molecule has 2 N–H and O–H groups in total. The van der Waals surface area contributed by atoms with Crippen LogP contribution in [0.1, 0.15) is 30.9 Å². The van der Waals surface area contributed by atoms with Gasteiger partial charge in [-0.2, -0.15) is 0 Å². The molecule has 3 rings (SSSR count). The van der Waals surface area contributed by atoms with Gasteiger partial charge in [-0.15, -0.1) is 12.4 Å². The summed E-state index contributed by atoms with van der Waals surface area (Å²) in [6, 6.07) is 10.4. The third kappa shape index (κ3) is 4.22. The van der Waals surface area contributed by atoms with Crippen molar-refractivity contribution in [3.63, 3.8) is 0 Å². The number of benzene rings is 1. The third-order valence-corrected chi connectivity index (χ3v) is 4.54. The topological polar surface area (TPSA) is 50.4 Å². The number of nitrogens with one attached hydrogen (secondary N) is 2. The Morgan fingerprint density at radius 3 is 2.82 bits per heavy atom. The molecule has 3 unspecified atom stereocenters. The number of halogens is 1. The second-order valence-corrected chi connectivity index (χ2v) is 6.04. The van der Waals surface area contributed by atoms with E-state index < -0.39 is 0 Å². The first-order valence-corrected chi connectivity index (χ1v) is 7.99. The maximum absolute atomic E-state index is 12.1. The SMILES string of the molecule is Cl.O=C(NCC1CCCOC1c1ccccc1)C1CCNC1. The average Bonchev–Trinajstić information content (AvgIpc) is 3.08. The molecule has 3 atom stereocenters. The van der Waals surface area contributed by atoms with Crippen LogP contribution in [0.5, 0.6) is 0 Å². The van der Waals surface area contributed by atoms with E-state index in [0.717, 1.165) is 45.5 Å². The van der Waals surface area contributed by atoms with Crippen LogP contribution < -0.4 is 10.6 Å².